The Labute approximate surface area is 98.9 Å². The van der Waals surface area contributed by atoms with E-state index in [4.69, 9.17) is 15.7 Å². The third-order valence-electron chi connectivity index (χ3n) is 2.49. The zero-order valence-corrected chi connectivity index (χ0v) is 10.5. The van der Waals surface area contributed by atoms with Crippen molar-refractivity contribution >= 4 is 5.84 Å². The van der Waals surface area contributed by atoms with Gasteiger partial charge in [0.15, 0.2) is 0 Å². The lowest BCUT2D eigenvalue weighted by atomic mass is 10.1. The van der Waals surface area contributed by atoms with E-state index in [1.165, 1.54) is 32.1 Å². The number of hydrogen-bond acceptors (Lipinski definition) is 3. The van der Waals surface area contributed by atoms with Crippen molar-refractivity contribution in [3.63, 3.8) is 0 Å². The van der Waals surface area contributed by atoms with Crippen LogP contribution in [0.5, 0.6) is 0 Å². The molecule has 0 rings (SSSR count). The molecule has 0 saturated carbocycles. The third kappa shape index (κ3) is 11.3. The Morgan fingerprint density at radius 3 is 2.38 bits per heavy atom. The molecule has 4 heteroatoms. The fourth-order valence-electron chi connectivity index (χ4n) is 1.49. The van der Waals surface area contributed by atoms with Crippen LogP contribution < -0.4 is 5.73 Å². The maximum absolute atomic E-state index is 8.30. The van der Waals surface area contributed by atoms with E-state index in [0.29, 0.717) is 13.0 Å². The second-order valence-electron chi connectivity index (χ2n) is 4.08. The first-order valence-corrected chi connectivity index (χ1v) is 6.35. The van der Waals surface area contributed by atoms with E-state index >= 15 is 0 Å². The van der Waals surface area contributed by atoms with Gasteiger partial charge < -0.3 is 15.7 Å². The largest absolute Gasteiger partial charge is 0.409 e. The van der Waals surface area contributed by atoms with Gasteiger partial charge in [-0.2, -0.15) is 0 Å². The topological polar surface area (TPSA) is 67.8 Å². The van der Waals surface area contributed by atoms with Crippen molar-refractivity contribution in [2.75, 3.05) is 13.2 Å². The van der Waals surface area contributed by atoms with Crippen LogP contribution in [0.2, 0.25) is 0 Å². The van der Waals surface area contributed by atoms with Gasteiger partial charge in [0.2, 0.25) is 0 Å². The lowest BCUT2D eigenvalue weighted by molar-refractivity contribution is 0.128. The highest BCUT2D eigenvalue weighted by molar-refractivity contribution is 5.79. The van der Waals surface area contributed by atoms with Crippen molar-refractivity contribution < 1.29 is 9.94 Å². The van der Waals surface area contributed by atoms with Crippen LogP contribution in [0.4, 0.5) is 0 Å². The second kappa shape index (κ2) is 12.3. The SMILES string of the molecule is CCCCCCCCOCCC/C(N)=N/O. The van der Waals surface area contributed by atoms with Gasteiger partial charge in [-0.25, -0.2) is 0 Å². The summed E-state index contributed by atoms with van der Waals surface area (Å²) in [6.07, 6.45) is 9.15. The summed E-state index contributed by atoms with van der Waals surface area (Å²) >= 11 is 0. The molecule has 0 aliphatic rings. The van der Waals surface area contributed by atoms with Crippen molar-refractivity contribution in [2.24, 2.45) is 10.9 Å². The summed E-state index contributed by atoms with van der Waals surface area (Å²) in [7, 11) is 0. The zero-order chi connectivity index (χ0) is 12.1. The molecular weight excluding hydrogens is 204 g/mol. The number of hydrogen-bond donors (Lipinski definition) is 2. The van der Waals surface area contributed by atoms with Crippen LogP contribution in [0.15, 0.2) is 5.16 Å². The quantitative estimate of drug-likeness (QED) is 0.188. The van der Waals surface area contributed by atoms with E-state index in [1.54, 1.807) is 0 Å². The van der Waals surface area contributed by atoms with Crippen molar-refractivity contribution in [3.8, 4) is 0 Å². The predicted molar refractivity (Wildman–Crippen MR) is 66.8 cm³/mol. The third-order valence-corrected chi connectivity index (χ3v) is 2.49. The zero-order valence-electron chi connectivity index (χ0n) is 10.5. The number of nitrogens with two attached hydrogens (primary N) is 1. The molecule has 0 aromatic rings. The van der Waals surface area contributed by atoms with Crippen LogP contribution in [-0.2, 0) is 4.74 Å². The van der Waals surface area contributed by atoms with Gasteiger partial charge in [-0.05, 0) is 12.8 Å². The van der Waals surface area contributed by atoms with Gasteiger partial charge in [-0.1, -0.05) is 44.2 Å². The Hall–Kier alpha value is -0.770. The molecule has 0 unspecified atom stereocenters. The minimum absolute atomic E-state index is 0.281. The van der Waals surface area contributed by atoms with Gasteiger partial charge in [0.05, 0.1) is 0 Å². The highest BCUT2D eigenvalue weighted by Gasteiger charge is 1.94. The maximum Gasteiger partial charge on any atom is 0.139 e. The molecule has 0 aromatic carbocycles. The number of ether oxygens (including phenoxy) is 1. The molecule has 0 saturated heterocycles. The highest BCUT2D eigenvalue weighted by Crippen LogP contribution is 2.05. The number of nitrogens with zero attached hydrogens (tertiary/aromatic N) is 1. The minimum Gasteiger partial charge on any atom is -0.409 e. The van der Waals surface area contributed by atoms with Gasteiger partial charge >= 0.3 is 0 Å². The summed E-state index contributed by atoms with van der Waals surface area (Å²) in [4.78, 5) is 0. The van der Waals surface area contributed by atoms with E-state index in [9.17, 15) is 0 Å². The van der Waals surface area contributed by atoms with E-state index in [-0.39, 0.29) is 5.84 Å². The number of amidine groups is 1. The fourth-order valence-corrected chi connectivity index (χ4v) is 1.49. The standard InChI is InChI=1S/C12H26N2O2/c1-2-3-4-5-6-7-10-16-11-8-9-12(13)14-15/h15H,2-11H2,1H3,(H2,13,14). The fraction of sp³-hybridized carbons (Fsp3) is 0.917. The minimum atomic E-state index is 0.281. The Morgan fingerprint density at radius 2 is 1.69 bits per heavy atom. The predicted octanol–water partition coefficient (Wildman–Crippen LogP) is 2.89. The molecule has 0 bridgehead atoms. The molecule has 0 radical (unpaired) electrons. The van der Waals surface area contributed by atoms with Crippen molar-refractivity contribution in [1.29, 1.82) is 0 Å². The van der Waals surface area contributed by atoms with Gasteiger partial charge in [-0.3, -0.25) is 0 Å². The summed E-state index contributed by atoms with van der Waals surface area (Å²) in [5, 5.41) is 11.2. The van der Waals surface area contributed by atoms with Crippen LogP contribution in [0.3, 0.4) is 0 Å². The maximum atomic E-state index is 8.30. The molecule has 0 aromatic heterocycles. The van der Waals surface area contributed by atoms with Crippen molar-refractivity contribution in [2.45, 2.75) is 58.3 Å². The van der Waals surface area contributed by atoms with Crippen LogP contribution in [0.25, 0.3) is 0 Å². The molecule has 0 atom stereocenters. The molecule has 0 aliphatic carbocycles. The van der Waals surface area contributed by atoms with E-state index in [0.717, 1.165) is 19.4 Å². The number of oxime groups is 1. The monoisotopic (exact) mass is 230 g/mol. The molecule has 3 N–H and O–H groups in total. The summed E-state index contributed by atoms with van der Waals surface area (Å²) in [5.74, 6) is 0.281. The average molecular weight is 230 g/mol. The molecular formula is C12H26N2O2. The molecule has 96 valence electrons. The first-order chi connectivity index (χ1) is 7.81. The normalized spacial score (nSPS) is 11.9. The number of unbranched alkanes of at least 4 members (excludes halogenated alkanes) is 5. The smallest absolute Gasteiger partial charge is 0.139 e. The van der Waals surface area contributed by atoms with Crippen LogP contribution in [0.1, 0.15) is 58.3 Å². The number of rotatable bonds is 11. The van der Waals surface area contributed by atoms with E-state index in [2.05, 4.69) is 12.1 Å². The molecule has 0 heterocycles. The highest BCUT2D eigenvalue weighted by atomic mass is 16.5. The summed E-state index contributed by atoms with van der Waals surface area (Å²) in [5.41, 5.74) is 5.33. The first-order valence-electron chi connectivity index (χ1n) is 6.35. The van der Waals surface area contributed by atoms with Crippen molar-refractivity contribution in [1.82, 2.24) is 0 Å². The van der Waals surface area contributed by atoms with Crippen LogP contribution in [-0.4, -0.2) is 24.3 Å². The molecule has 0 aliphatic heterocycles. The summed E-state index contributed by atoms with van der Waals surface area (Å²) < 4.78 is 5.44. The average Bonchev–Trinajstić information content (AvgIpc) is 2.31. The Bertz CT molecular complexity index is 172. The van der Waals surface area contributed by atoms with Crippen LogP contribution >= 0.6 is 0 Å². The van der Waals surface area contributed by atoms with Gasteiger partial charge in [-0.15, -0.1) is 0 Å². The lowest BCUT2D eigenvalue weighted by Gasteiger charge is -2.03. The Kier molecular flexibility index (Phi) is 11.7. The van der Waals surface area contributed by atoms with Gasteiger partial charge in [0.25, 0.3) is 0 Å². The van der Waals surface area contributed by atoms with E-state index < -0.39 is 0 Å². The first kappa shape index (κ1) is 15.2. The molecule has 0 fully saturated rings. The molecule has 0 spiro atoms. The van der Waals surface area contributed by atoms with Gasteiger partial charge in [0, 0.05) is 19.6 Å². The van der Waals surface area contributed by atoms with E-state index in [1.807, 2.05) is 0 Å². The summed E-state index contributed by atoms with van der Waals surface area (Å²) in [6, 6.07) is 0. The molecule has 0 amide bonds. The van der Waals surface area contributed by atoms with Crippen molar-refractivity contribution in [3.05, 3.63) is 0 Å². The van der Waals surface area contributed by atoms with Crippen LogP contribution in [0, 0.1) is 0 Å². The lowest BCUT2D eigenvalue weighted by Crippen LogP contribution is -2.12. The molecule has 4 nitrogen and oxygen atoms in total. The summed E-state index contributed by atoms with van der Waals surface area (Å²) in [6.45, 7) is 3.76. The second-order valence-corrected chi connectivity index (χ2v) is 4.08. The Morgan fingerprint density at radius 1 is 1.06 bits per heavy atom. The molecule has 16 heavy (non-hydrogen) atoms. The van der Waals surface area contributed by atoms with Gasteiger partial charge in [0.1, 0.15) is 5.84 Å². The Balaban J connectivity index is 2.99.